The van der Waals surface area contributed by atoms with E-state index in [1.165, 1.54) is 14.2 Å². The van der Waals surface area contributed by atoms with Gasteiger partial charge in [-0.05, 0) is 30.2 Å². The van der Waals surface area contributed by atoms with E-state index in [9.17, 15) is 18.0 Å². The highest BCUT2D eigenvalue weighted by atomic mass is 32.2. The summed E-state index contributed by atoms with van der Waals surface area (Å²) in [6.07, 6.45) is 1.04. The third-order valence-electron chi connectivity index (χ3n) is 4.25. The van der Waals surface area contributed by atoms with Crippen LogP contribution in [-0.4, -0.2) is 45.0 Å². The van der Waals surface area contributed by atoms with Gasteiger partial charge in [-0.2, -0.15) is 4.31 Å². The van der Waals surface area contributed by atoms with Crippen LogP contribution in [0.3, 0.4) is 0 Å². The number of anilines is 1. The van der Waals surface area contributed by atoms with E-state index < -0.39 is 27.9 Å². The van der Waals surface area contributed by atoms with E-state index >= 15 is 0 Å². The lowest BCUT2D eigenvalue weighted by molar-refractivity contribution is -0.119. The number of likely N-dealkylation sites (N-methyl/N-ethyl adjacent to an activating group) is 1. The fraction of sp³-hybridized carbons (Fsp3) is 0.263. The number of nitrogens with one attached hydrogen (secondary N) is 1. The molecule has 0 aliphatic rings. The minimum absolute atomic E-state index is 0.322. The second kappa shape index (κ2) is 8.32. The van der Waals surface area contributed by atoms with Gasteiger partial charge in [-0.1, -0.05) is 36.4 Å². The zero-order chi connectivity index (χ0) is 20.2. The van der Waals surface area contributed by atoms with Crippen molar-refractivity contribution in [1.29, 1.82) is 0 Å². The molecule has 0 aromatic heterocycles. The van der Waals surface area contributed by atoms with Gasteiger partial charge < -0.3 is 10.1 Å². The minimum Gasteiger partial charge on any atom is -0.465 e. The summed E-state index contributed by atoms with van der Waals surface area (Å²) in [6, 6.07) is 12.4. The van der Waals surface area contributed by atoms with Crippen molar-refractivity contribution in [3.8, 4) is 0 Å². The fourth-order valence-corrected chi connectivity index (χ4v) is 3.26. The number of sulfonamides is 1. The van der Waals surface area contributed by atoms with Gasteiger partial charge in [0.1, 0.15) is 6.04 Å². The Hall–Kier alpha value is -2.71. The lowest BCUT2D eigenvalue weighted by Crippen LogP contribution is -2.38. The van der Waals surface area contributed by atoms with E-state index in [0.29, 0.717) is 22.4 Å². The molecule has 0 aliphatic carbocycles. The Labute approximate surface area is 159 Å². The second-order valence-electron chi connectivity index (χ2n) is 6.05. The molecule has 0 radical (unpaired) electrons. The molecule has 2 rings (SSSR count). The number of ether oxygens (including phenoxy) is 1. The summed E-state index contributed by atoms with van der Waals surface area (Å²) in [6.45, 7) is 1.68. The highest BCUT2D eigenvalue weighted by Gasteiger charge is 2.31. The van der Waals surface area contributed by atoms with E-state index in [1.807, 2.05) is 0 Å². The molecule has 1 amide bonds. The summed E-state index contributed by atoms with van der Waals surface area (Å²) >= 11 is 0. The molecule has 144 valence electrons. The van der Waals surface area contributed by atoms with E-state index in [2.05, 4.69) is 5.32 Å². The van der Waals surface area contributed by atoms with Gasteiger partial charge in [-0.15, -0.1) is 0 Å². The molecule has 0 fully saturated rings. The van der Waals surface area contributed by atoms with E-state index in [4.69, 9.17) is 4.74 Å². The lowest BCUT2D eigenvalue weighted by atomic mass is 10.0. The Morgan fingerprint density at radius 1 is 1.07 bits per heavy atom. The molecule has 8 heteroatoms. The first-order valence-electron chi connectivity index (χ1n) is 8.13. The number of carbonyl (C=O) groups is 2. The van der Waals surface area contributed by atoms with Crippen LogP contribution in [0.1, 0.15) is 27.5 Å². The number of rotatable bonds is 6. The molecule has 1 unspecified atom stereocenters. The van der Waals surface area contributed by atoms with Crippen LogP contribution in [-0.2, 0) is 19.6 Å². The van der Waals surface area contributed by atoms with Gasteiger partial charge in [0.2, 0.25) is 15.9 Å². The predicted octanol–water partition coefficient (Wildman–Crippen LogP) is 2.35. The summed E-state index contributed by atoms with van der Waals surface area (Å²) in [5, 5.41) is 2.73. The molecule has 0 saturated carbocycles. The standard InChI is InChI=1S/C19H22N2O5S/c1-13-15(19(23)26-3)11-8-12-16(13)20-18(22)17(21(2)27(4,24)25)14-9-6-5-7-10-14/h5-12,17H,1-4H3,(H,20,22). The molecule has 7 nitrogen and oxygen atoms in total. The SMILES string of the molecule is COC(=O)c1cccc(NC(=O)C(c2ccccc2)N(C)S(C)(=O)=O)c1C. The first kappa shape index (κ1) is 20.6. The molecular formula is C19H22N2O5S. The van der Waals surface area contributed by atoms with Crippen molar-refractivity contribution >= 4 is 27.6 Å². The van der Waals surface area contributed by atoms with Crippen LogP contribution in [0.25, 0.3) is 0 Å². The van der Waals surface area contributed by atoms with Crippen molar-refractivity contribution in [2.75, 3.05) is 25.7 Å². The highest BCUT2D eigenvalue weighted by molar-refractivity contribution is 7.88. The number of hydrogen-bond donors (Lipinski definition) is 1. The topological polar surface area (TPSA) is 92.8 Å². The molecule has 0 aliphatic heterocycles. The van der Waals surface area contributed by atoms with Crippen LogP contribution in [0.4, 0.5) is 5.69 Å². The first-order chi connectivity index (χ1) is 12.7. The predicted molar refractivity (Wildman–Crippen MR) is 103 cm³/mol. The molecule has 27 heavy (non-hydrogen) atoms. The summed E-state index contributed by atoms with van der Waals surface area (Å²) in [5.41, 5.74) is 1.80. The van der Waals surface area contributed by atoms with Crippen LogP contribution in [0.2, 0.25) is 0 Å². The number of methoxy groups -OCH3 is 1. The van der Waals surface area contributed by atoms with Crippen LogP contribution >= 0.6 is 0 Å². The van der Waals surface area contributed by atoms with Gasteiger partial charge in [0, 0.05) is 12.7 Å². The second-order valence-corrected chi connectivity index (χ2v) is 8.09. The average molecular weight is 390 g/mol. The molecule has 0 bridgehead atoms. The number of benzene rings is 2. The van der Waals surface area contributed by atoms with E-state index in [-0.39, 0.29) is 0 Å². The average Bonchev–Trinajstić information content (AvgIpc) is 2.63. The Morgan fingerprint density at radius 2 is 1.70 bits per heavy atom. The molecular weight excluding hydrogens is 368 g/mol. The fourth-order valence-electron chi connectivity index (χ4n) is 2.66. The maximum absolute atomic E-state index is 13.0. The molecule has 2 aromatic rings. The maximum atomic E-state index is 13.0. The Balaban J connectivity index is 2.42. The van der Waals surface area contributed by atoms with Crippen molar-refractivity contribution in [2.45, 2.75) is 13.0 Å². The lowest BCUT2D eigenvalue weighted by Gasteiger charge is -2.26. The summed E-state index contributed by atoms with van der Waals surface area (Å²) < 4.78 is 29.8. The van der Waals surface area contributed by atoms with Crippen LogP contribution in [0, 0.1) is 6.92 Å². The Bertz CT molecular complexity index is 942. The van der Waals surface area contributed by atoms with Crippen molar-refractivity contribution in [1.82, 2.24) is 4.31 Å². The van der Waals surface area contributed by atoms with Crippen LogP contribution in [0.15, 0.2) is 48.5 Å². The van der Waals surface area contributed by atoms with Gasteiger partial charge in [-0.3, -0.25) is 4.79 Å². The monoisotopic (exact) mass is 390 g/mol. The molecule has 1 N–H and O–H groups in total. The Kier molecular flexibility index (Phi) is 6.35. The minimum atomic E-state index is -3.62. The molecule has 0 saturated heterocycles. The maximum Gasteiger partial charge on any atom is 0.338 e. The van der Waals surface area contributed by atoms with E-state index in [1.54, 1.807) is 55.5 Å². The summed E-state index contributed by atoms with van der Waals surface area (Å²) in [5.74, 6) is -1.05. The number of hydrogen-bond acceptors (Lipinski definition) is 5. The van der Waals surface area contributed by atoms with Gasteiger partial charge in [0.05, 0.1) is 18.9 Å². The summed E-state index contributed by atoms with van der Waals surface area (Å²) in [4.78, 5) is 24.8. The number of carbonyl (C=O) groups excluding carboxylic acids is 2. The van der Waals surface area contributed by atoms with Crippen molar-refractivity contribution in [2.24, 2.45) is 0 Å². The quantitative estimate of drug-likeness (QED) is 0.765. The first-order valence-corrected chi connectivity index (χ1v) is 9.98. The van der Waals surface area contributed by atoms with Gasteiger partial charge in [0.15, 0.2) is 0 Å². The number of nitrogens with zero attached hydrogens (tertiary/aromatic N) is 1. The van der Waals surface area contributed by atoms with Gasteiger partial charge in [-0.25, -0.2) is 13.2 Å². The third-order valence-corrected chi connectivity index (χ3v) is 5.50. The normalized spacial score (nSPS) is 12.5. The number of amides is 1. The highest BCUT2D eigenvalue weighted by Crippen LogP contribution is 2.26. The van der Waals surface area contributed by atoms with Crippen molar-refractivity contribution in [3.05, 3.63) is 65.2 Å². The van der Waals surface area contributed by atoms with Crippen LogP contribution < -0.4 is 5.32 Å². The largest absolute Gasteiger partial charge is 0.465 e. The molecule has 1 atom stereocenters. The molecule has 0 heterocycles. The smallest absolute Gasteiger partial charge is 0.338 e. The van der Waals surface area contributed by atoms with E-state index in [0.717, 1.165) is 10.6 Å². The van der Waals surface area contributed by atoms with Crippen molar-refractivity contribution in [3.63, 3.8) is 0 Å². The third kappa shape index (κ3) is 4.72. The van der Waals surface area contributed by atoms with Gasteiger partial charge >= 0.3 is 5.97 Å². The molecule has 0 spiro atoms. The Morgan fingerprint density at radius 3 is 2.26 bits per heavy atom. The zero-order valence-corrected chi connectivity index (χ0v) is 16.4. The van der Waals surface area contributed by atoms with Gasteiger partial charge in [0.25, 0.3) is 0 Å². The molecule has 2 aromatic carbocycles. The van der Waals surface area contributed by atoms with Crippen molar-refractivity contribution < 1.29 is 22.7 Å². The summed E-state index contributed by atoms with van der Waals surface area (Å²) in [7, 11) is -0.996. The number of esters is 1. The zero-order valence-electron chi connectivity index (χ0n) is 15.6. The van der Waals surface area contributed by atoms with Crippen LogP contribution in [0.5, 0.6) is 0 Å².